The lowest BCUT2D eigenvalue weighted by molar-refractivity contribution is 0.0946. The summed E-state index contributed by atoms with van der Waals surface area (Å²) in [4.78, 5) is 20.4. The van der Waals surface area contributed by atoms with Crippen molar-refractivity contribution in [2.75, 3.05) is 20.8 Å². The van der Waals surface area contributed by atoms with Gasteiger partial charge in [0.15, 0.2) is 0 Å². The van der Waals surface area contributed by atoms with Gasteiger partial charge >= 0.3 is 0 Å². The number of nitrogens with one attached hydrogen (secondary N) is 2. The number of carbonyl (C=O) groups excluding carboxylic acids is 1. The normalized spacial score (nSPS) is 11.1. The van der Waals surface area contributed by atoms with Gasteiger partial charge in [0, 0.05) is 41.1 Å². The Hall–Kier alpha value is -3.38. The summed E-state index contributed by atoms with van der Waals surface area (Å²) < 4.78 is 11.0. The van der Waals surface area contributed by atoms with Crippen LogP contribution in [-0.4, -0.2) is 36.6 Å². The van der Waals surface area contributed by atoms with Gasteiger partial charge in [0.2, 0.25) is 0 Å². The lowest BCUT2D eigenvalue weighted by Crippen LogP contribution is -2.25. The van der Waals surface area contributed by atoms with E-state index in [4.69, 9.17) is 9.47 Å². The average molecular weight is 389 g/mol. The maximum absolute atomic E-state index is 12.6. The Balaban J connectivity index is 1.99. The molecule has 2 heterocycles. The number of hydrogen-bond acceptors (Lipinski definition) is 4. The number of fused-ring (bicyclic) bond motifs is 3. The lowest BCUT2D eigenvalue weighted by atomic mass is 10.00. The molecule has 2 aromatic carbocycles. The Bertz CT molecular complexity index is 1200. The molecule has 2 aromatic heterocycles. The van der Waals surface area contributed by atoms with E-state index in [0.717, 1.165) is 44.2 Å². The van der Waals surface area contributed by atoms with Crippen molar-refractivity contribution in [1.29, 1.82) is 0 Å². The van der Waals surface area contributed by atoms with E-state index in [1.165, 1.54) is 0 Å². The number of hydrogen-bond donors (Lipinski definition) is 2. The summed E-state index contributed by atoms with van der Waals surface area (Å²) >= 11 is 0. The molecular formula is C23H23N3O3. The Labute approximate surface area is 168 Å². The summed E-state index contributed by atoms with van der Waals surface area (Å²) in [6.07, 6.45) is 1.71. The third kappa shape index (κ3) is 3.32. The summed E-state index contributed by atoms with van der Waals surface area (Å²) in [5, 5.41) is 4.80. The van der Waals surface area contributed by atoms with Crippen LogP contribution in [0.4, 0.5) is 0 Å². The fourth-order valence-corrected chi connectivity index (χ4v) is 3.74. The third-order valence-corrected chi connectivity index (χ3v) is 5.00. The molecule has 0 atom stereocenters. The Morgan fingerprint density at radius 3 is 2.72 bits per heavy atom. The molecule has 1 amide bonds. The highest BCUT2D eigenvalue weighted by Crippen LogP contribution is 2.36. The fraction of sp³-hybridized carbons (Fsp3) is 0.217. The Morgan fingerprint density at radius 2 is 1.97 bits per heavy atom. The van der Waals surface area contributed by atoms with Crippen LogP contribution < -0.4 is 10.1 Å². The van der Waals surface area contributed by atoms with E-state index < -0.39 is 0 Å². The fourth-order valence-electron chi connectivity index (χ4n) is 3.74. The van der Waals surface area contributed by atoms with Crippen LogP contribution >= 0.6 is 0 Å². The lowest BCUT2D eigenvalue weighted by Gasteiger charge is -2.11. The number of aromatic amines is 1. The van der Waals surface area contributed by atoms with Crippen LogP contribution in [0.1, 0.15) is 23.0 Å². The number of carbonyl (C=O) groups is 1. The van der Waals surface area contributed by atoms with Crippen molar-refractivity contribution in [3.63, 3.8) is 0 Å². The summed E-state index contributed by atoms with van der Waals surface area (Å²) in [5.41, 5.74) is 5.07. The molecule has 0 radical (unpaired) electrons. The summed E-state index contributed by atoms with van der Waals surface area (Å²) in [7, 11) is 3.29. The van der Waals surface area contributed by atoms with Gasteiger partial charge in [0.25, 0.3) is 5.91 Å². The summed E-state index contributed by atoms with van der Waals surface area (Å²) in [6, 6.07) is 14.1. The number of pyridine rings is 1. The maximum Gasteiger partial charge on any atom is 0.270 e. The first-order chi connectivity index (χ1) is 14.2. The minimum absolute atomic E-state index is 0.198. The largest absolute Gasteiger partial charge is 0.496 e. The molecule has 4 rings (SSSR count). The molecule has 0 bridgehead atoms. The Kier molecular flexibility index (Phi) is 5.18. The number of nitrogens with zero attached hydrogens (tertiary/aromatic N) is 1. The highest BCUT2D eigenvalue weighted by molar-refractivity contribution is 6.12. The summed E-state index contributed by atoms with van der Waals surface area (Å²) in [6.45, 7) is 2.72. The predicted molar refractivity (Wildman–Crippen MR) is 114 cm³/mol. The zero-order chi connectivity index (χ0) is 20.4. The van der Waals surface area contributed by atoms with Crippen molar-refractivity contribution < 1.29 is 14.3 Å². The van der Waals surface area contributed by atoms with Crippen LogP contribution in [0.2, 0.25) is 0 Å². The molecular weight excluding hydrogens is 366 g/mol. The van der Waals surface area contributed by atoms with Crippen LogP contribution in [0.5, 0.6) is 5.75 Å². The van der Waals surface area contributed by atoms with Gasteiger partial charge in [-0.1, -0.05) is 24.3 Å². The van der Waals surface area contributed by atoms with Gasteiger partial charge in [-0.3, -0.25) is 4.79 Å². The number of ether oxygens (including phenoxy) is 2. The maximum atomic E-state index is 12.6. The van der Waals surface area contributed by atoms with Crippen molar-refractivity contribution in [2.24, 2.45) is 0 Å². The Morgan fingerprint density at radius 1 is 1.14 bits per heavy atom. The van der Waals surface area contributed by atoms with Gasteiger partial charge in [-0.2, -0.15) is 0 Å². The van der Waals surface area contributed by atoms with Crippen LogP contribution in [0, 0.1) is 0 Å². The first kappa shape index (κ1) is 19.0. The molecule has 0 saturated heterocycles. The monoisotopic (exact) mass is 389 g/mol. The first-order valence-electron chi connectivity index (χ1n) is 9.51. The molecule has 0 aliphatic heterocycles. The molecule has 6 heteroatoms. The standard InChI is InChI=1S/C23H23N3O3/c1-4-24-23(27)22-17(13-28-2)21-16-11-14(15-7-5-6-8-20(15)29-3)9-10-18(16)26-19(21)12-25-22/h5-12,26H,4,13H2,1-3H3,(H,24,27). The van der Waals surface area contributed by atoms with E-state index in [1.54, 1.807) is 20.4 Å². The highest BCUT2D eigenvalue weighted by Gasteiger charge is 2.19. The number of rotatable bonds is 6. The summed E-state index contributed by atoms with van der Waals surface area (Å²) in [5.74, 6) is 0.616. The van der Waals surface area contributed by atoms with Gasteiger partial charge in [-0.15, -0.1) is 0 Å². The van der Waals surface area contributed by atoms with Crippen molar-refractivity contribution in [2.45, 2.75) is 13.5 Å². The number of benzene rings is 2. The van der Waals surface area contributed by atoms with Crippen molar-refractivity contribution in [1.82, 2.24) is 15.3 Å². The quantitative estimate of drug-likeness (QED) is 0.516. The van der Waals surface area contributed by atoms with Gasteiger partial charge < -0.3 is 19.8 Å². The average Bonchev–Trinajstić information content (AvgIpc) is 3.12. The molecule has 29 heavy (non-hydrogen) atoms. The number of H-pyrrole nitrogens is 1. The van der Waals surface area contributed by atoms with E-state index in [9.17, 15) is 4.79 Å². The van der Waals surface area contributed by atoms with Crippen molar-refractivity contribution >= 4 is 27.7 Å². The molecule has 148 valence electrons. The molecule has 0 aliphatic rings. The topological polar surface area (TPSA) is 76.2 Å². The van der Waals surface area contributed by atoms with Gasteiger partial charge in [0.05, 0.1) is 25.4 Å². The first-order valence-corrected chi connectivity index (χ1v) is 9.51. The van der Waals surface area contributed by atoms with E-state index in [1.807, 2.05) is 37.3 Å². The molecule has 0 aliphatic carbocycles. The van der Waals surface area contributed by atoms with E-state index in [-0.39, 0.29) is 5.91 Å². The number of amides is 1. The SMILES string of the molecule is CCNC(=O)c1ncc2[nH]c3ccc(-c4ccccc4OC)cc3c2c1COC. The third-order valence-electron chi connectivity index (χ3n) is 5.00. The van der Waals surface area contributed by atoms with Crippen LogP contribution in [-0.2, 0) is 11.3 Å². The molecule has 2 N–H and O–H groups in total. The number of para-hydroxylation sites is 1. The van der Waals surface area contributed by atoms with Gasteiger partial charge in [-0.25, -0.2) is 4.98 Å². The second-order valence-corrected chi connectivity index (χ2v) is 6.75. The molecule has 0 unspecified atom stereocenters. The zero-order valence-corrected chi connectivity index (χ0v) is 16.7. The van der Waals surface area contributed by atoms with Crippen LogP contribution in [0.25, 0.3) is 32.9 Å². The molecule has 6 nitrogen and oxygen atoms in total. The second-order valence-electron chi connectivity index (χ2n) is 6.75. The minimum atomic E-state index is -0.198. The van der Waals surface area contributed by atoms with Crippen LogP contribution in [0.3, 0.4) is 0 Å². The van der Waals surface area contributed by atoms with E-state index in [0.29, 0.717) is 18.8 Å². The van der Waals surface area contributed by atoms with Crippen LogP contribution in [0.15, 0.2) is 48.7 Å². The smallest absolute Gasteiger partial charge is 0.270 e. The molecule has 4 aromatic rings. The van der Waals surface area contributed by atoms with Gasteiger partial charge in [-0.05, 0) is 30.7 Å². The molecule has 0 fully saturated rings. The van der Waals surface area contributed by atoms with Crippen molar-refractivity contribution in [3.05, 3.63) is 59.9 Å². The highest BCUT2D eigenvalue weighted by atomic mass is 16.5. The zero-order valence-electron chi connectivity index (χ0n) is 16.7. The molecule has 0 saturated carbocycles. The number of aromatic nitrogens is 2. The second kappa shape index (κ2) is 7.93. The van der Waals surface area contributed by atoms with Gasteiger partial charge in [0.1, 0.15) is 11.4 Å². The van der Waals surface area contributed by atoms with Crippen molar-refractivity contribution in [3.8, 4) is 16.9 Å². The van der Waals surface area contributed by atoms with E-state index >= 15 is 0 Å². The number of methoxy groups -OCH3 is 2. The predicted octanol–water partition coefficient (Wildman–Crippen LogP) is 4.29. The minimum Gasteiger partial charge on any atom is -0.496 e. The van der Waals surface area contributed by atoms with E-state index in [2.05, 4.69) is 27.4 Å². The molecule has 0 spiro atoms.